The molecule has 1 aliphatic rings. The van der Waals surface area contributed by atoms with E-state index in [2.05, 4.69) is 10.6 Å². The van der Waals surface area contributed by atoms with Crippen LogP contribution in [0.3, 0.4) is 0 Å². The van der Waals surface area contributed by atoms with Gasteiger partial charge in [-0.2, -0.15) is 0 Å². The molecule has 1 fully saturated rings. The molecular weight excluding hydrogens is 230 g/mol. The Morgan fingerprint density at radius 1 is 1.44 bits per heavy atom. The van der Waals surface area contributed by atoms with Crippen LogP contribution in [0.1, 0.15) is 47.0 Å². The lowest BCUT2D eigenvalue weighted by Gasteiger charge is -2.43. The van der Waals surface area contributed by atoms with E-state index in [1.54, 1.807) is 0 Å². The summed E-state index contributed by atoms with van der Waals surface area (Å²) < 4.78 is 5.30. The van der Waals surface area contributed by atoms with Gasteiger partial charge in [0.25, 0.3) is 0 Å². The van der Waals surface area contributed by atoms with E-state index in [-0.39, 0.29) is 17.7 Å². The Kier molecular flexibility index (Phi) is 4.99. The Morgan fingerprint density at radius 2 is 2.06 bits per heavy atom. The summed E-state index contributed by atoms with van der Waals surface area (Å²) in [6.45, 7) is 9.01. The van der Waals surface area contributed by atoms with Gasteiger partial charge >= 0.3 is 6.09 Å². The zero-order valence-electron chi connectivity index (χ0n) is 12.0. The predicted octanol–water partition coefficient (Wildman–Crippen LogP) is 1.37. The van der Waals surface area contributed by atoms with E-state index in [9.17, 15) is 4.79 Å². The van der Waals surface area contributed by atoms with Gasteiger partial charge in [-0.25, -0.2) is 4.79 Å². The average Bonchev–Trinajstić information content (AvgIpc) is 2.18. The molecular formula is C13H27N3O2. The summed E-state index contributed by atoms with van der Waals surface area (Å²) in [5.74, 6) is 0. The maximum absolute atomic E-state index is 11.8. The van der Waals surface area contributed by atoms with Crippen LogP contribution < -0.4 is 16.4 Å². The van der Waals surface area contributed by atoms with Gasteiger partial charge in [0.1, 0.15) is 5.60 Å². The van der Waals surface area contributed by atoms with Crippen molar-refractivity contribution in [3.63, 3.8) is 0 Å². The number of rotatable bonds is 5. The summed E-state index contributed by atoms with van der Waals surface area (Å²) >= 11 is 0. The van der Waals surface area contributed by atoms with Gasteiger partial charge in [-0.05, 0) is 47.0 Å². The minimum atomic E-state index is -0.451. The van der Waals surface area contributed by atoms with E-state index in [0.717, 1.165) is 25.8 Å². The van der Waals surface area contributed by atoms with Crippen molar-refractivity contribution in [3.8, 4) is 0 Å². The van der Waals surface area contributed by atoms with Gasteiger partial charge in [-0.1, -0.05) is 0 Å². The molecule has 0 aliphatic heterocycles. The number of carbonyl (C=O) groups excluding carboxylic acids is 1. The van der Waals surface area contributed by atoms with Gasteiger partial charge < -0.3 is 21.1 Å². The predicted molar refractivity (Wildman–Crippen MR) is 72.5 cm³/mol. The fourth-order valence-electron chi connectivity index (χ4n) is 1.92. The molecule has 1 saturated carbocycles. The quantitative estimate of drug-likeness (QED) is 0.695. The first-order valence-corrected chi connectivity index (χ1v) is 6.71. The average molecular weight is 257 g/mol. The Balaban J connectivity index is 2.43. The van der Waals surface area contributed by atoms with E-state index in [4.69, 9.17) is 10.5 Å². The van der Waals surface area contributed by atoms with Crippen molar-refractivity contribution >= 4 is 6.09 Å². The number of ether oxygens (including phenoxy) is 1. The monoisotopic (exact) mass is 257 g/mol. The van der Waals surface area contributed by atoms with Crippen LogP contribution in [0.4, 0.5) is 4.79 Å². The Morgan fingerprint density at radius 3 is 2.44 bits per heavy atom. The number of hydrogen-bond donors (Lipinski definition) is 3. The summed E-state index contributed by atoms with van der Waals surface area (Å²) in [5.41, 5.74) is 4.97. The van der Waals surface area contributed by atoms with Crippen LogP contribution in [0, 0.1) is 0 Å². The highest BCUT2D eigenvalue weighted by molar-refractivity contribution is 5.69. The molecule has 0 aromatic carbocycles. The Hall–Kier alpha value is -0.810. The third-order valence-corrected chi connectivity index (χ3v) is 3.22. The lowest BCUT2D eigenvalue weighted by Crippen LogP contribution is -2.61. The largest absolute Gasteiger partial charge is 0.444 e. The minimum absolute atomic E-state index is 0.147. The van der Waals surface area contributed by atoms with Gasteiger partial charge in [0.05, 0.1) is 5.54 Å². The molecule has 1 amide bonds. The van der Waals surface area contributed by atoms with Crippen molar-refractivity contribution in [2.45, 2.75) is 64.1 Å². The van der Waals surface area contributed by atoms with Crippen molar-refractivity contribution in [1.82, 2.24) is 10.6 Å². The zero-order valence-corrected chi connectivity index (χ0v) is 12.0. The molecule has 0 heterocycles. The number of hydrogen-bond acceptors (Lipinski definition) is 4. The smallest absolute Gasteiger partial charge is 0.408 e. The molecule has 1 rings (SSSR count). The summed E-state index contributed by atoms with van der Waals surface area (Å²) in [7, 11) is 0. The second kappa shape index (κ2) is 5.89. The molecule has 0 saturated heterocycles. The summed E-state index contributed by atoms with van der Waals surface area (Å²) in [5, 5.41) is 6.35. The van der Waals surface area contributed by atoms with Gasteiger partial charge in [0.2, 0.25) is 0 Å². The topological polar surface area (TPSA) is 76.4 Å². The molecule has 5 heteroatoms. The molecule has 0 aromatic rings. The zero-order chi connectivity index (χ0) is 13.8. The summed E-state index contributed by atoms with van der Waals surface area (Å²) in [6.07, 6.45) is 2.81. The maximum atomic E-state index is 11.8. The summed E-state index contributed by atoms with van der Waals surface area (Å²) in [4.78, 5) is 11.8. The highest BCUT2D eigenvalue weighted by atomic mass is 16.6. The number of carbonyl (C=O) groups is 1. The normalized spacial score (nSPS) is 19.8. The third kappa shape index (κ3) is 4.82. The molecule has 0 bridgehead atoms. The van der Waals surface area contributed by atoms with E-state index < -0.39 is 5.60 Å². The molecule has 1 unspecified atom stereocenters. The molecule has 18 heavy (non-hydrogen) atoms. The Labute approximate surface area is 110 Å². The Bertz CT molecular complexity index is 282. The van der Waals surface area contributed by atoms with E-state index >= 15 is 0 Å². The van der Waals surface area contributed by atoms with Crippen LogP contribution in [-0.4, -0.2) is 36.4 Å². The SMILES string of the molecule is CC(CN)NCC1(NC(=O)OC(C)(C)C)CCC1. The van der Waals surface area contributed by atoms with Crippen molar-refractivity contribution in [2.75, 3.05) is 13.1 Å². The number of alkyl carbamates (subject to hydrolysis) is 1. The number of amides is 1. The second-order valence-corrected chi connectivity index (χ2v) is 6.28. The highest BCUT2D eigenvalue weighted by Crippen LogP contribution is 2.31. The van der Waals surface area contributed by atoms with E-state index in [0.29, 0.717) is 6.54 Å². The van der Waals surface area contributed by atoms with Crippen LogP contribution >= 0.6 is 0 Å². The van der Waals surface area contributed by atoms with Crippen molar-refractivity contribution in [3.05, 3.63) is 0 Å². The minimum Gasteiger partial charge on any atom is -0.444 e. The fourth-order valence-corrected chi connectivity index (χ4v) is 1.92. The van der Waals surface area contributed by atoms with E-state index in [1.165, 1.54) is 0 Å². The van der Waals surface area contributed by atoms with Crippen LogP contribution in [0.15, 0.2) is 0 Å². The molecule has 1 atom stereocenters. The van der Waals surface area contributed by atoms with Crippen LogP contribution in [0.5, 0.6) is 0 Å². The molecule has 0 spiro atoms. The molecule has 5 nitrogen and oxygen atoms in total. The molecule has 106 valence electrons. The maximum Gasteiger partial charge on any atom is 0.408 e. The highest BCUT2D eigenvalue weighted by Gasteiger charge is 2.39. The van der Waals surface area contributed by atoms with E-state index in [1.807, 2.05) is 27.7 Å². The van der Waals surface area contributed by atoms with Gasteiger partial charge in [-0.3, -0.25) is 0 Å². The molecule has 0 aromatic heterocycles. The fraction of sp³-hybridized carbons (Fsp3) is 0.923. The number of nitrogens with one attached hydrogen (secondary N) is 2. The van der Waals surface area contributed by atoms with Crippen LogP contribution in [0.25, 0.3) is 0 Å². The van der Waals surface area contributed by atoms with Gasteiger partial charge in [0, 0.05) is 19.1 Å². The first-order valence-electron chi connectivity index (χ1n) is 6.71. The first-order chi connectivity index (χ1) is 8.26. The third-order valence-electron chi connectivity index (χ3n) is 3.22. The molecule has 0 radical (unpaired) electrons. The first kappa shape index (κ1) is 15.2. The van der Waals surface area contributed by atoms with Crippen molar-refractivity contribution < 1.29 is 9.53 Å². The summed E-state index contributed by atoms with van der Waals surface area (Å²) in [6, 6.07) is 0.267. The van der Waals surface area contributed by atoms with Crippen LogP contribution in [0.2, 0.25) is 0 Å². The standard InChI is InChI=1S/C13H27N3O2/c1-10(8-14)15-9-13(6-5-7-13)16-11(17)18-12(2,3)4/h10,15H,5-9,14H2,1-4H3,(H,16,17). The lowest BCUT2D eigenvalue weighted by molar-refractivity contribution is 0.0380. The van der Waals surface area contributed by atoms with Crippen LogP contribution in [-0.2, 0) is 4.74 Å². The molecule has 4 N–H and O–H groups in total. The van der Waals surface area contributed by atoms with Gasteiger partial charge in [0.15, 0.2) is 0 Å². The number of nitrogens with two attached hydrogens (primary N) is 1. The second-order valence-electron chi connectivity index (χ2n) is 6.28. The van der Waals surface area contributed by atoms with Gasteiger partial charge in [-0.15, -0.1) is 0 Å². The van der Waals surface area contributed by atoms with Crippen molar-refractivity contribution in [2.24, 2.45) is 5.73 Å². The molecule has 1 aliphatic carbocycles. The van der Waals surface area contributed by atoms with Crippen molar-refractivity contribution in [1.29, 1.82) is 0 Å². The lowest BCUT2D eigenvalue weighted by atomic mass is 9.76.